The van der Waals surface area contributed by atoms with Crippen molar-refractivity contribution in [3.63, 3.8) is 0 Å². The summed E-state index contributed by atoms with van der Waals surface area (Å²) >= 11 is 0. The number of carbonyl (C=O) groups is 1. The highest BCUT2D eigenvalue weighted by atomic mass is 16.6. The third-order valence-electron chi connectivity index (χ3n) is 4.95. The number of carbonyl (C=O) groups excluding carboxylic acids is 1. The van der Waals surface area contributed by atoms with Crippen LogP contribution in [-0.4, -0.2) is 54.0 Å². The number of benzene rings is 1. The first kappa shape index (κ1) is 19.7. The zero-order chi connectivity index (χ0) is 19.3. The molecule has 8 nitrogen and oxygen atoms in total. The lowest BCUT2D eigenvalue weighted by molar-refractivity contribution is -0.384. The summed E-state index contributed by atoms with van der Waals surface area (Å²) in [5.74, 6) is -0.123. The maximum Gasteiger partial charge on any atom is 0.269 e. The Labute approximate surface area is 153 Å². The maximum atomic E-state index is 12.3. The third-order valence-corrected chi connectivity index (χ3v) is 4.95. The van der Waals surface area contributed by atoms with Gasteiger partial charge in [0.1, 0.15) is 5.54 Å². The summed E-state index contributed by atoms with van der Waals surface area (Å²) in [5, 5.41) is 22.9. The molecule has 0 unspecified atom stereocenters. The zero-order valence-electron chi connectivity index (χ0n) is 15.4. The van der Waals surface area contributed by atoms with Gasteiger partial charge in [-0.3, -0.25) is 19.8 Å². The molecule has 8 heteroatoms. The van der Waals surface area contributed by atoms with Crippen LogP contribution in [0.5, 0.6) is 0 Å². The van der Waals surface area contributed by atoms with Gasteiger partial charge in [-0.05, 0) is 25.0 Å². The van der Waals surface area contributed by atoms with Gasteiger partial charge in [-0.1, -0.05) is 13.8 Å². The van der Waals surface area contributed by atoms with Crippen molar-refractivity contribution in [2.24, 2.45) is 5.92 Å². The van der Waals surface area contributed by atoms with E-state index >= 15 is 0 Å². The van der Waals surface area contributed by atoms with E-state index < -0.39 is 10.5 Å². The fraction of sp³-hybridized carbons (Fsp3) is 0.556. The third kappa shape index (κ3) is 4.70. The van der Waals surface area contributed by atoms with Gasteiger partial charge in [0.15, 0.2) is 0 Å². The fourth-order valence-electron chi connectivity index (χ4n) is 2.78. The van der Waals surface area contributed by atoms with E-state index in [1.54, 1.807) is 19.1 Å². The molecule has 1 aliphatic heterocycles. The van der Waals surface area contributed by atoms with Crippen molar-refractivity contribution in [3.05, 3.63) is 34.4 Å². The second-order valence-corrected chi connectivity index (χ2v) is 7.05. The molecule has 2 rings (SSSR count). The number of nitrogens with zero attached hydrogens (tertiary/aromatic N) is 4. The molecule has 0 spiro atoms. The van der Waals surface area contributed by atoms with E-state index in [0.717, 1.165) is 31.9 Å². The van der Waals surface area contributed by atoms with Crippen LogP contribution >= 0.6 is 0 Å². The second kappa shape index (κ2) is 8.15. The standard InChI is InChI=1S/C18H25N5O3/c1-14(2)18(3,13-19)20-17(24)12-21-8-10-22(11-9-21)15-4-6-16(7-5-15)23(25)26/h4-7,14H,8-12H2,1-3H3,(H,20,24)/t18-/m1/s1. The molecule has 1 N–H and O–H groups in total. The van der Waals surface area contributed by atoms with Gasteiger partial charge in [0.25, 0.3) is 5.69 Å². The molecule has 1 saturated heterocycles. The first-order chi connectivity index (χ1) is 12.2. The van der Waals surface area contributed by atoms with Crippen molar-refractivity contribution in [2.45, 2.75) is 26.3 Å². The zero-order valence-corrected chi connectivity index (χ0v) is 15.4. The summed E-state index contributed by atoms with van der Waals surface area (Å²) in [7, 11) is 0. The molecule has 1 aromatic carbocycles. The molecule has 140 valence electrons. The maximum absolute atomic E-state index is 12.3. The van der Waals surface area contributed by atoms with E-state index in [1.165, 1.54) is 12.1 Å². The van der Waals surface area contributed by atoms with Crippen LogP contribution in [0.4, 0.5) is 11.4 Å². The van der Waals surface area contributed by atoms with Gasteiger partial charge in [-0.25, -0.2) is 0 Å². The van der Waals surface area contributed by atoms with Crippen molar-refractivity contribution < 1.29 is 9.72 Å². The van der Waals surface area contributed by atoms with Crippen molar-refractivity contribution >= 4 is 17.3 Å². The number of hydrogen-bond donors (Lipinski definition) is 1. The summed E-state index contributed by atoms with van der Waals surface area (Å²) in [6.45, 7) is 8.74. The Kier molecular flexibility index (Phi) is 6.16. The summed E-state index contributed by atoms with van der Waals surface area (Å²) in [4.78, 5) is 26.8. The summed E-state index contributed by atoms with van der Waals surface area (Å²) in [5.41, 5.74) is 0.156. The highest BCUT2D eigenvalue weighted by Gasteiger charge is 2.30. The van der Waals surface area contributed by atoms with E-state index in [0.29, 0.717) is 0 Å². The fourth-order valence-corrected chi connectivity index (χ4v) is 2.78. The highest BCUT2D eigenvalue weighted by Crippen LogP contribution is 2.20. The molecular weight excluding hydrogens is 334 g/mol. The SMILES string of the molecule is CC(C)[C@@](C)(C#N)NC(=O)CN1CCN(c2ccc([N+](=O)[O-])cc2)CC1. The Morgan fingerprint density at radius 3 is 2.35 bits per heavy atom. The van der Waals surface area contributed by atoms with E-state index in [2.05, 4.69) is 21.2 Å². The van der Waals surface area contributed by atoms with Crippen molar-refractivity contribution in [2.75, 3.05) is 37.6 Å². The van der Waals surface area contributed by atoms with E-state index in [-0.39, 0.29) is 24.1 Å². The van der Waals surface area contributed by atoms with E-state index in [9.17, 15) is 20.2 Å². The topological polar surface area (TPSA) is 103 Å². The molecule has 1 aromatic rings. The summed E-state index contributed by atoms with van der Waals surface area (Å²) in [6.07, 6.45) is 0. The average molecular weight is 359 g/mol. The van der Waals surface area contributed by atoms with Crippen LogP contribution in [0.25, 0.3) is 0 Å². The summed E-state index contributed by atoms with van der Waals surface area (Å²) in [6, 6.07) is 8.69. The number of hydrogen-bond acceptors (Lipinski definition) is 6. The average Bonchev–Trinajstić information content (AvgIpc) is 2.62. The molecular formula is C18H25N5O3. The number of amides is 1. The van der Waals surface area contributed by atoms with Crippen molar-refractivity contribution in [1.29, 1.82) is 5.26 Å². The number of nitrogens with one attached hydrogen (secondary N) is 1. The predicted octanol–water partition coefficient (Wildman–Crippen LogP) is 1.77. The molecule has 0 radical (unpaired) electrons. The largest absolute Gasteiger partial charge is 0.369 e. The van der Waals surface area contributed by atoms with Crippen LogP contribution in [0.1, 0.15) is 20.8 Å². The number of rotatable bonds is 6. The molecule has 0 saturated carbocycles. The van der Waals surface area contributed by atoms with Gasteiger partial charge in [0.05, 0.1) is 17.5 Å². The molecule has 0 bridgehead atoms. The number of non-ortho nitro benzene ring substituents is 1. The Hall–Kier alpha value is -2.66. The number of piperazine rings is 1. The van der Waals surface area contributed by atoms with Crippen molar-refractivity contribution in [1.82, 2.24) is 10.2 Å². The number of nitriles is 1. The Morgan fingerprint density at radius 2 is 1.88 bits per heavy atom. The van der Waals surface area contributed by atoms with Crippen molar-refractivity contribution in [3.8, 4) is 6.07 Å². The lowest BCUT2D eigenvalue weighted by Gasteiger charge is -2.36. The van der Waals surface area contributed by atoms with Gasteiger partial charge in [0, 0.05) is 44.0 Å². The first-order valence-corrected chi connectivity index (χ1v) is 8.69. The normalized spacial score (nSPS) is 17.4. The van der Waals surface area contributed by atoms with Crippen LogP contribution in [0, 0.1) is 27.4 Å². The molecule has 1 amide bonds. The molecule has 1 atom stereocenters. The quantitative estimate of drug-likeness (QED) is 0.613. The number of anilines is 1. The number of nitro benzene ring substituents is 1. The number of nitro groups is 1. The van der Waals surface area contributed by atoms with E-state index in [1.807, 2.05) is 13.8 Å². The lowest BCUT2D eigenvalue weighted by atomic mass is 9.90. The highest BCUT2D eigenvalue weighted by molar-refractivity contribution is 5.79. The molecule has 1 heterocycles. The Bertz CT molecular complexity index is 690. The minimum Gasteiger partial charge on any atom is -0.369 e. The molecule has 1 aliphatic rings. The summed E-state index contributed by atoms with van der Waals surface area (Å²) < 4.78 is 0. The monoisotopic (exact) mass is 359 g/mol. The van der Waals surface area contributed by atoms with Gasteiger partial charge in [-0.15, -0.1) is 0 Å². The smallest absolute Gasteiger partial charge is 0.269 e. The van der Waals surface area contributed by atoms with Gasteiger partial charge in [-0.2, -0.15) is 5.26 Å². The minimum absolute atomic E-state index is 0.0236. The Morgan fingerprint density at radius 1 is 1.31 bits per heavy atom. The van der Waals surface area contributed by atoms with E-state index in [4.69, 9.17) is 0 Å². The molecule has 26 heavy (non-hydrogen) atoms. The van der Waals surface area contributed by atoms with Crippen LogP contribution in [0.15, 0.2) is 24.3 Å². The van der Waals surface area contributed by atoms with Crippen LogP contribution in [0.2, 0.25) is 0 Å². The van der Waals surface area contributed by atoms with Crippen LogP contribution in [0.3, 0.4) is 0 Å². The molecule has 0 aromatic heterocycles. The molecule has 1 fully saturated rings. The minimum atomic E-state index is -0.863. The molecule has 0 aliphatic carbocycles. The second-order valence-electron chi connectivity index (χ2n) is 7.05. The lowest BCUT2D eigenvalue weighted by Crippen LogP contribution is -2.54. The van der Waals surface area contributed by atoms with Gasteiger partial charge < -0.3 is 10.2 Å². The first-order valence-electron chi connectivity index (χ1n) is 8.69. The predicted molar refractivity (Wildman–Crippen MR) is 98.7 cm³/mol. The van der Waals surface area contributed by atoms with Crippen LogP contribution < -0.4 is 10.2 Å². The van der Waals surface area contributed by atoms with Gasteiger partial charge in [0.2, 0.25) is 5.91 Å². The Balaban J connectivity index is 1.85. The van der Waals surface area contributed by atoms with Crippen LogP contribution in [-0.2, 0) is 4.79 Å². The van der Waals surface area contributed by atoms with Gasteiger partial charge >= 0.3 is 0 Å².